The van der Waals surface area contributed by atoms with Gasteiger partial charge in [0, 0.05) is 25.4 Å². The number of aliphatic hydroxyl groups excluding tert-OH is 1. The summed E-state index contributed by atoms with van der Waals surface area (Å²) in [5.41, 5.74) is 1.45. The van der Waals surface area contributed by atoms with E-state index in [0.717, 1.165) is 31.5 Å². The highest BCUT2D eigenvalue weighted by Gasteiger charge is 2.26. The second kappa shape index (κ2) is 7.57. The molecule has 6 heteroatoms. The molecule has 0 radical (unpaired) electrons. The lowest BCUT2D eigenvalue weighted by Crippen LogP contribution is -2.44. The first-order chi connectivity index (χ1) is 11.7. The second-order valence-electron chi connectivity index (χ2n) is 6.15. The quantitative estimate of drug-likeness (QED) is 0.915. The van der Waals surface area contributed by atoms with Gasteiger partial charge in [-0.05, 0) is 56.0 Å². The summed E-state index contributed by atoms with van der Waals surface area (Å²) in [7, 11) is 0. The Balaban J connectivity index is 1.67. The number of halogens is 1. The average Bonchev–Trinajstić information content (AvgIpc) is 3.05. The molecule has 1 unspecified atom stereocenters. The van der Waals surface area contributed by atoms with Crippen molar-refractivity contribution in [3.05, 3.63) is 48.0 Å². The molecule has 1 aliphatic heterocycles. The van der Waals surface area contributed by atoms with Gasteiger partial charge in [-0.15, -0.1) is 0 Å². The van der Waals surface area contributed by atoms with Gasteiger partial charge in [0.05, 0.1) is 17.8 Å². The first-order valence-electron chi connectivity index (χ1n) is 8.38. The normalized spacial score (nSPS) is 17.9. The van der Waals surface area contributed by atoms with Crippen LogP contribution in [-0.4, -0.2) is 44.9 Å². The first kappa shape index (κ1) is 16.6. The van der Waals surface area contributed by atoms with Crippen LogP contribution in [0.25, 0.3) is 5.69 Å². The Labute approximate surface area is 140 Å². The molecule has 1 saturated heterocycles. The topological polar surface area (TPSA) is 58.4 Å². The number of rotatable bonds is 5. The van der Waals surface area contributed by atoms with Gasteiger partial charge in [-0.25, -0.2) is 9.07 Å². The molecule has 0 saturated carbocycles. The number of hydrogen-bond donors (Lipinski definition) is 1. The van der Waals surface area contributed by atoms with Crippen molar-refractivity contribution in [3.8, 4) is 5.69 Å². The number of aromatic nitrogens is 2. The van der Waals surface area contributed by atoms with E-state index in [1.807, 2.05) is 11.0 Å². The summed E-state index contributed by atoms with van der Waals surface area (Å²) in [6.07, 6.45) is 5.73. The number of carbonyl (C=O) groups excluding carboxylic acids is 1. The molecule has 1 aromatic heterocycles. The third kappa shape index (κ3) is 3.82. The van der Waals surface area contributed by atoms with Crippen LogP contribution >= 0.6 is 0 Å². The molecule has 0 aliphatic carbocycles. The minimum atomic E-state index is -0.290. The molecule has 1 aromatic carbocycles. The fraction of sp³-hybridized carbons (Fsp3) is 0.444. The van der Waals surface area contributed by atoms with Crippen LogP contribution in [-0.2, 0) is 11.2 Å². The van der Waals surface area contributed by atoms with Gasteiger partial charge >= 0.3 is 0 Å². The van der Waals surface area contributed by atoms with Crippen molar-refractivity contribution in [2.24, 2.45) is 0 Å². The average molecular weight is 331 g/mol. The predicted molar refractivity (Wildman–Crippen MR) is 88.3 cm³/mol. The van der Waals surface area contributed by atoms with Crippen molar-refractivity contribution in [2.45, 2.75) is 38.1 Å². The number of likely N-dealkylation sites (tertiary alicyclic amines) is 1. The van der Waals surface area contributed by atoms with Crippen LogP contribution in [0, 0.1) is 5.82 Å². The molecular formula is C18H22FN3O2. The maximum absolute atomic E-state index is 13.0. The standard InChI is InChI=1S/C18H22FN3O2/c19-14-4-6-17(7-5-14)22-11-8-15(20-22)13-18(24)21-10-2-1-3-16(21)9-12-23/h4-8,11,16,23H,1-3,9-10,12-13H2. The van der Waals surface area contributed by atoms with Gasteiger partial charge in [-0.1, -0.05) is 0 Å². The predicted octanol–water partition coefficient (Wildman–Crippen LogP) is 2.32. The van der Waals surface area contributed by atoms with Crippen molar-refractivity contribution in [3.63, 3.8) is 0 Å². The van der Waals surface area contributed by atoms with E-state index in [2.05, 4.69) is 5.10 Å². The lowest BCUT2D eigenvalue weighted by atomic mass is 9.99. The highest BCUT2D eigenvalue weighted by molar-refractivity contribution is 5.78. The molecule has 1 aliphatic rings. The van der Waals surface area contributed by atoms with Crippen LogP contribution in [0.4, 0.5) is 4.39 Å². The number of hydrogen-bond acceptors (Lipinski definition) is 3. The van der Waals surface area contributed by atoms with Crippen molar-refractivity contribution in [1.82, 2.24) is 14.7 Å². The monoisotopic (exact) mass is 331 g/mol. The van der Waals surface area contributed by atoms with Crippen LogP contribution in [0.5, 0.6) is 0 Å². The molecule has 1 atom stereocenters. The van der Waals surface area contributed by atoms with E-state index in [9.17, 15) is 14.3 Å². The van der Waals surface area contributed by atoms with E-state index in [4.69, 9.17) is 0 Å². The zero-order valence-electron chi connectivity index (χ0n) is 13.6. The minimum Gasteiger partial charge on any atom is -0.396 e. The van der Waals surface area contributed by atoms with Crippen LogP contribution in [0.15, 0.2) is 36.5 Å². The smallest absolute Gasteiger partial charge is 0.228 e. The minimum absolute atomic E-state index is 0.0532. The fourth-order valence-corrected chi connectivity index (χ4v) is 3.23. The molecule has 0 spiro atoms. The first-order valence-corrected chi connectivity index (χ1v) is 8.38. The summed E-state index contributed by atoms with van der Waals surface area (Å²) in [6.45, 7) is 0.857. The number of nitrogens with zero attached hydrogens (tertiary/aromatic N) is 3. The molecule has 1 N–H and O–H groups in total. The number of aliphatic hydroxyl groups is 1. The lowest BCUT2D eigenvalue weighted by molar-refractivity contribution is -0.134. The van der Waals surface area contributed by atoms with Gasteiger partial charge < -0.3 is 10.0 Å². The number of carbonyl (C=O) groups is 1. The Morgan fingerprint density at radius 1 is 1.25 bits per heavy atom. The molecule has 128 valence electrons. The number of piperidine rings is 1. The van der Waals surface area contributed by atoms with E-state index < -0.39 is 0 Å². The van der Waals surface area contributed by atoms with Crippen molar-refractivity contribution in [1.29, 1.82) is 0 Å². The van der Waals surface area contributed by atoms with Crippen molar-refractivity contribution < 1.29 is 14.3 Å². The van der Waals surface area contributed by atoms with Crippen LogP contribution < -0.4 is 0 Å². The van der Waals surface area contributed by atoms with Gasteiger partial charge in [0.1, 0.15) is 5.82 Å². The SMILES string of the molecule is O=C(Cc1ccn(-c2ccc(F)cc2)n1)N1CCCCC1CCO. The molecule has 1 amide bonds. The largest absolute Gasteiger partial charge is 0.396 e. The highest BCUT2D eigenvalue weighted by Crippen LogP contribution is 2.20. The van der Waals surface area contributed by atoms with Crippen molar-refractivity contribution >= 4 is 5.91 Å². The van der Waals surface area contributed by atoms with E-state index in [-0.39, 0.29) is 30.8 Å². The van der Waals surface area contributed by atoms with E-state index in [0.29, 0.717) is 12.1 Å². The van der Waals surface area contributed by atoms with E-state index >= 15 is 0 Å². The zero-order valence-corrected chi connectivity index (χ0v) is 13.6. The summed E-state index contributed by atoms with van der Waals surface area (Å²) in [6, 6.07) is 8.01. The molecule has 1 fully saturated rings. The molecule has 24 heavy (non-hydrogen) atoms. The Bertz CT molecular complexity index is 682. The number of benzene rings is 1. The van der Waals surface area contributed by atoms with Gasteiger partial charge in [-0.2, -0.15) is 5.10 Å². The fourth-order valence-electron chi connectivity index (χ4n) is 3.23. The molecule has 5 nitrogen and oxygen atoms in total. The van der Waals surface area contributed by atoms with E-state index in [1.54, 1.807) is 23.0 Å². The van der Waals surface area contributed by atoms with E-state index in [1.165, 1.54) is 12.1 Å². The third-order valence-electron chi connectivity index (χ3n) is 4.48. The lowest BCUT2D eigenvalue weighted by Gasteiger charge is -2.35. The third-order valence-corrected chi connectivity index (χ3v) is 4.48. The summed E-state index contributed by atoms with van der Waals surface area (Å²) < 4.78 is 14.6. The summed E-state index contributed by atoms with van der Waals surface area (Å²) in [5, 5.41) is 13.6. The van der Waals surface area contributed by atoms with Gasteiger partial charge in [0.15, 0.2) is 0 Å². The molecule has 0 bridgehead atoms. The van der Waals surface area contributed by atoms with Gasteiger partial charge in [0.2, 0.25) is 5.91 Å². The molecule has 2 aromatic rings. The molecule has 3 rings (SSSR count). The summed E-state index contributed by atoms with van der Waals surface area (Å²) in [4.78, 5) is 14.5. The van der Waals surface area contributed by atoms with Gasteiger partial charge in [0.25, 0.3) is 0 Å². The van der Waals surface area contributed by atoms with Crippen LogP contribution in [0.3, 0.4) is 0 Å². The Hall–Kier alpha value is -2.21. The Kier molecular flexibility index (Phi) is 5.25. The highest BCUT2D eigenvalue weighted by atomic mass is 19.1. The van der Waals surface area contributed by atoms with Crippen LogP contribution in [0.1, 0.15) is 31.4 Å². The Morgan fingerprint density at radius 2 is 2.04 bits per heavy atom. The zero-order chi connectivity index (χ0) is 16.9. The molecular weight excluding hydrogens is 309 g/mol. The maximum atomic E-state index is 13.0. The van der Waals surface area contributed by atoms with Crippen molar-refractivity contribution in [2.75, 3.05) is 13.2 Å². The summed E-state index contributed by atoms with van der Waals surface area (Å²) in [5.74, 6) is -0.237. The van der Waals surface area contributed by atoms with Gasteiger partial charge in [-0.3, -0.25) is 4.79 Å². The Morgan fingerprint density at radius 3 is 2.79 bits per heavy atom. The van der Waals surface area contributed by atoms with Crippen LogP contribution in [0.2, 0.25) is 0 Å². The summed E-state index contributed by atoms with van der Waals surface area (Å²) >= 11 is 0. The molecule has 2 heterocycles. The number of amides is 1. The second-order valence-corrected chi connectivity index (χ2v) is 6.15. The maximum Gasteiger partial charge on any atom is 0.228 e.